The lowest BCUT2D eigenvalue weighted by molar-refractivity contribution is 0.303. The van der Waals surface area contributed by atoms with Gasteiger partial charge in [-0.15, -0.1) is 0 Å². The molecule has 4 rings (SSSR count). The van der Waals surface area contributed by atoms with E-state index in [4.69, 9.17) is 0 Å². The molecule has 2 aromatic carbocycles. The van der Waals surface area contributed by atoms with Crippen molar-refractivity contribution in [3.05, 3.63) is 71.9 Å². The second-order valence-electron chi connectivity index (χ2n) is 7.45. The van der Waals surface area contributed by atoms with Crippen molar-refractivity contribution in [1.29, 1.82) is 0 Å². The summed E-state index contributed by atoms with van der Waals surface area (Å²) in [6.45, 7) is 4.37. The zero-order chi connectivity index (χ0) is 19.0. The molecule has 3 aromatic rings. The Morgan fingerprint density at radius 3 is 2.56 bits per heavy atom. The summed E-state index contributed by atoms with van der Waals surface area (Å²) in [5, 5.41) is 0.856. The van der Waals surface area contributed by atoms with Gasteiger partial charge in [0.25, 0.3) is 0 Å². The van der Waals surface area contributed by atoms with Gasteiger partial charge in [0.15, 0.2) is 0 Å². The first kappa shape index (κ1) is 18.1. The van der Waals surface area contributed by atoms with Gasteiger partial charge in [0, 0.05) is 24.2 Å². The molecular formula is C22H24N2O2S. The SMILES string of the molecule is Cc1cnc2c(S(=O)(=O)N(Cc3ccccc3)C(C)C3CC3)cccc2c1. The summed E-state index contributed by atoms with van der Waals surface area (Å²) in [4.78, 5) is 4.75. The van der Waals surface area contributed by atoms with Crippen molar-refractivity contribution < 1.29 is 8.42 Å². The third kappa shape index (κ3) is 3.62. The minimum absolute atomic E-state index is 0.0316. The Hall–Kier alpha value is -2.24. The Bertz CT molecular complexity index is 1060. The van der Waals surface area contributed by atoms with Gasteiger partial charge in [-0.2, -0.15) is 4.31 Å². The van der Waals surface area contributed by atoms with Crippen LogP contribution in [0.4, 0.5) is 0 Å². The van der Waals surface area contributed by atoms with Crippen molar-refractivity contribution in [3.8, 4) is 0 Å². The lowest BCUT2D eigenvalue weighted by Gasteiger charge is -2.29. The largest absolute Gasteiger partial charge is 0.255 e. The summed E-state index contributed by atoms with van der Waals surface area (Å²) in [6.07, 6.45) is 3.91. The van der Waals surface area contributed by atoms with E-state index < -0.39 is 10.0 Å². The third-order valence-electron chi connectivity index (χ3n) is 5.34. The van der Waals surface area contributed by atoms with Crippen LogP contribution in [0.15, 0.2) is 65.7 Å². The molecule has 1 heterocycles. The van der Waals surface area contributed by atoms with Crippen molar-refractivity contribution in [2.24, 2.45) is 5.92 Å². The van der Waals surface area contributed by atoms with Gasteiger partial charge in [-0.1, -0.05) is 42.5 Å². The van der Waals surface area contributed by atoms with E-state index in [1.54, 1.807) is 22.6 Å². The van der Waals surface area contributed by atoms with Gasteiger partial charge < -0.3 is 0 Å². The normalized spacial score (nSPS) is 16.0. The van der Waals surface area contributed by atoms with Gasteiger partial charge in [0.2, 0.25) is 10.0 Å². The number of aromatic nitrogens is 1. The summed E-state index contributed by atoms with van der Waals surface area (Å²) in [5.41, 5.74) is 2.56. The lowest BCUT2D eigenvalue weighted by atomic mass is 10.2. The minimum Gasteiger partial charge on any atom is -0.255 e. The number of pyridine rings is 1. The molecule has 1 fully saturated rings. The van der Waals surface area contributed by atoms with Crippen molar-refractivity contribution in [3.63, 3.8) is 0 Å². The third-order valence-corrected chi connectivity index (χ3v) is 7.30. The van der Waals surface area contributed by atoms with Crippen molar-refractivity contribution in [1.82, 2.24) is 9.29 Å². The molecule has 1 unspecified atom stereocenters. The molecule has 0 bridgehead atoms. The van der Waals surface area contributed by atoms with E-state index in [2.05, 4.69) is 4.98 Å². The first-order valence-corrected chi connectivity index (χ1v) is 10.8. The van der Waals surface area contributed by atoms with Crippen LogP contribution in [0.1, 0.15) is 30.9 Å². The summed E-state index contributed by atoms with van der Waals surface area (Å²) in [5.74, 6) is 0.439. The quantitative estimate of drug-likeness (QED) is 0.631. The number of hydrogen-bond acceptors (Lipinski definition) is 3. The Labute approximate surface area is 160 Å². The van der Waals surface area contributed by atoms with Gasteiger partial charge in [-0.25, -0.2) is 8.42 Å². The van der Waals surface area contributed by atoms with Crippen LogP contribution < -0.4 is 0 Å². The highest BCUT2D eigenvalue weighted by molar-refractivity contribution is 7.89. The van der Waals surface area contributed by atoms with Crippen LogP contribution >= 0.6 is 0 Å². The molecule has 0 saturated heterocycles. The van der Waals surface area contributed by atoms with Gasteiger partial charge in [-0.3, -0.25) is 4.98 Å². The zero-order valence-electron chi connectivity index (χ0n) is 15.7. The molecule has 140 valence electrons. The maximum absolute atomic E-state index is 13.7. The Balaban J connectivity index is 1.81. The number of sulfonamides is 1. The lowest BCUT2D eigenvalue weighted by Crippen LogP contribution is -2.39. The van der Waals surface area contributed by atoms with Crippen molar-refractivity contribution >= 4 is 20.9 Å². The summed E-state index contributed by atoms with van der Waals surface area (Å²) in [6, 6.07) is 17.2. The van der Waals surface area contributed by atoms with Crippen LogP contribution in [0.5, 0.6) is 0 Å². The number of nitrogens with zero attached hydrogens (tertiary/aromatic N) is 2. The van der Waals surface area contributed by atoms with Gasteiger partial charge in [-0.05, 0) is 55.9 Å². The van der Waals surface area contributed by atoms with Gasteiger partial charge in [0.1, 0.15) is 4.90 Å². The monoisotopic (exact) mass is 380 g/mol. The molecule has 5 heteroatoms. The molecule has 0 aliphatic heterocycles. The average molecular weight is 381 g/mol. The molecule has 1 aliphatic rings. The van der Waals surface area contributed by atoms with Crippen LogP contribution in [-0.2, 0) is 16.6 Å². The average Bonchev–Trinajstić information content (AvgIpc) is 3.51. The van der Waals surface area contributed by atoms with Crippen LogP contribution in [0.2, 0.25) is 0 Å². The van der Waals surface area contributed by atoms with E-state index in [0.29, 0.717) is 22.9 Å². The number of fused-ring (bicyclic) bond motifs is 1. The van der Waals surface area contributed by atoms with Gasteiger partial charge in [0.05, 0.1) is 5.52 Å². The van der Waals surface area contributed by atoms with E-state index in [9.17, 15) is 8.42 Å². The fourth-order valence-corrected chi connectivity index (χ4v) is 5.45. The highest BCUT2D eigenvalue weighted by atomic mass is 32.2. The van der Waals surface area contributed by atoms with Gasteiger partial charge >= 0.3 is 0 Å². The molecule has 1 saturated carbocycles. The van der Waals surface area contributed by atoms with E-state index in [0.717, 1.165) is 29.4 Å². The fourth-order valence-electron chi connectivity index (χ4n) is 3.60. The zero-order valence-corrected chi connectivity index (χ0v) is 16.5. The predicted octanol–water partition coefficient (Wildman–Crippen LogP) is 4.53. The molecule has 1 aromatic heterocycles. The molecule has 1 atom stereocenters. The molecule has 27 heavy (non-hydrogen) atoms. The number of benzene rings is 2. The molecule has 0 N–H and O–H groups in total. The van der Waals surface area contributed by atoms with Crippen molar-refractivity contribution in [2.75, 3.05) is 0 Å². The molecule has 0 amide bonds. The topological polar surface area (TPSA) is 50.3 Å². The Kier molecular flexibility index (Phi) is 4.74. The summed E-state index contributed by atoms with van der Waals surface area (Å²) >= 11 is 0. The van der Waals surface area contributed by atoms with E-state index in [1.165, 1.54) is 0 Å². The smallest absolute Gasteiger partial charge is 0.245 e. The maximum Gasteiger partial charge on any atom is 0.245 e. The highest BCUT2D eigenvalue weighted by Gasteiger charge is 2.39. The second-order valence-corrected chi connectivity index (χ2v) is 9.31. The van der Waals surface area contributed by atoms with E-state index >= 15 is 0 Å². The van der Waals surface area contributed by atoms with Crippen LogP contribution in [-0.4, -0.2) is 23.7 Å². The molecule has 0 spiro atoms. The number of para-hydroxylation sites is 1. The summed E-state index contributed by atoms with van der Waals surface area (Å²) < 4.78 is 29.1. The number of rotatable bonds is 6. The molecule has 0 radical (unpaired) electrons. The van der Waals surface area contributed by atoms with Crippen LogP contribution in [0.25, 0.3) is 10.9 Å². The van der Waals surface area contributed by atoms with Crippen molar-refractivity contribution in [2.45, 2.75) is 44.2 Å². The number of hydrogen-bond donors (Lipinski definition) is 0. The second kappa shape index (κ2) is 7.06. The highest BCUT2D eigenvalue weighted by Crippen LogP contribution is 2.38. The van der Waals surface area contributed by atoms with Crippen LogP contribution in [0, 0.1) is 12.8 Å². The maximum atomic E-state index is 13.7. The standard InChI is InChI=1S/C22H24N2O2S/c1-16-13-20-9-6-10-21(22(20)23-14-16)27(25,26)24(17(2)19-11-12-19)15-18-7-4-3-5-8-18/h3-10,13-14,17,19H,11-12,15H2,1-2H3. The summed E-state index contributed by atoms with van der Waals surface area (Å²) in [7, 11) is -3.67. The fraction of sp³-hybridized carbons (Fsp3) is 0.318. The first-order valence-electron chi connectivity index (χ1n) is 9.38. The number of aryl methyl sites for hydroxylation is 1. The molecule has 4 nitrogen and oxygen atoms in total. The molecular weight excluding hydrogens is 356 g/mol. The molecule has 1 aliphatic carbocycles. The Morgan fingerprint density at radius 2 is 1.85 bits per heavy atom. The van der Waals surface area contributed by atoms with E-state index in [-0.39, 0.29) is 6.04 Å². The first-order chi connectivity index (χ1) is 13.0. The predicted molar refractivity (Wildman–Crippen MR) is 108 cm³/mol. The Morgan fingerprint density at radius 1 is 1.11 bits per heavy atom. The minimum atomic E-state index is -3.67. The van der Waals surface area contributed by atoms with E-state index in [1.807, 2.05) is 56.3 Å². The van der Waals surface area contributed by atoms with Crippen LogP contribution in [0.3, 0.4) is 0 Å².